The standard InChI is InChI=1S/C25H28F3N5O3/c26-25(27,28)36-17-3-4-19(20(29)14-17)24(34)33-10-1-2-15(6-11-33)18-5-9-30-23-21(18)31-22(32-23)16-7-12-35-13-8-16/h3-5,9,14-16H,1-2,6-8,10-13,29H2,(H,30,31,32)/t15-/m0/s1. The molecule has 2 fully saturated rings. The molecule has 0 aliphatic carbocycles. The first-order valence-corrected chi connectivity index (χ1v) is 12.2. The summed E-state index contributed by atoms with van der Waals surface area (Å²) in [5.41, 5.74) is 8.82. The number of nitrogens with zero attached hydrogens (tertiary/aromatic N) is 3. The van der Waals surface area contributed by atoms with Crippen molar-refractivity contribution in [2.75, 3.05) is 32.0 Å². The molecule has 1 aromatic carbocycles. The predicted octanol–water partition coefficient (Wildman–Crippen LogP) is 4.74. The zero-order valence-corrected chi connectivity index (χ0v) is 19.7. The number of halogens is 3. The highest BCUT2D eigenvalue weighted by Crippen LogP contribution is 2.34. The van der Waals surface area contributed by atoms with E-state index in [1.807, 2.05) is 6.07 Å². The predicted molar refractivity (Wildman–Crippen MR) is 127 cm³/mol. The van der Waals surface area contributed by atoms with Gasteiger partial charge < -0.3 is 25.1 Å². The number of aromatic amines is 1. The molecule has 2 aliphatic heterocycles. The van der Waals surface area contributed by atoms with E-state index < -0.39 is 12.1 Å². The van der Waals surface area contributed by atoms with Gasteiger partial charge in [0.2, 0.25) is 0 Å². The molecule has 2 aromatic heterocycles. The average Bonchev–Trinajstić information content (AvgIpc) is 3.14. The number of amides is 1. The van der Waals surface area contributed by atoms with E-state index in [1.54, 1.807) is 11.1 Å². The van der Waals surface area contributed by atoms with Crippen LogP contribution in [0, 0.1) is 0 Å². The number of alkyl halides is 3. The lowest BCUT2D eigenvalue weighted by atomic mass is 9.92. The smallest absolute Gasteiger partial charge is 0.406 e. The van der Waals surface area contributed by atoms with Crippen LogP contribution in [-0.4, -0.2) is 58.4 Å². The number of nitrogens with one attached hydrogen (secondary N) is 1. The fraction of sp³-hybridized carbons (Fsp3) is 0.480. The SMILES string of the molecule is Nc1cc(OC(F)(F)F)ccc1C(=O)N1CCC[C@H](c2ccnc3[nH]c(C4CCOCC4)nc23)CC1. The maximum atomic E-state index is 13.1. The number of hydrogen-bond donors (Lipinski definition) is 2. The maximum absolute atomic E-state index is 13.1. The minimum atomic E-state index is -4.82. The van der Waals surface area contributed by atoms with Crippen LogP contribution in [0.1, 0.15) is 65.7 Å². The normalized spacial score (nSPS) is 19.9. The van der Waals surface area contributed by atoms with Crippen molar-refractivity contribution < 1.29 is 27.4 Å². The molecule has 8 nitrogen and oxygen atoms in total. The number of H-pyrrole nitrogens is 1. The number of hydrogen-bond acceptors (Lipinski definition) is 6. The van der Waals surface area contributed by atoms with E-state index in [0.717, 1.165) is 80.0 Å². The van der Waals surface area contributed by atoms with Gasteiger partial charge in [-0.05, 0) is 61.8 Å². The van der Waals surface area contributed by atoms with Crippen molar-refractivity contribution in [2.24, 2.45) is 0 Å². The van der Waals surface area contributed by atoms with Crippen LogP contribution in [0.3, 0.4) is 0 Å². The first kappa shape index (κ1) is 24.4. The van der Waals surface area contributed by atoms with Gasteiger partial charge in [-0.3, -0.25) is 4.79 Å². The van der Waals surface area contributed by atoms with E-state index in [-0.39, 0.29) is 23.1 Å². The second-order valence-electron chi connectivity index (χ2n) is 9.32. The molecule has 0 radical (unpaired) electrons. The number of nitrogen functional groups attached to an aromatic ring is 1. The van der Waals surface area contributed by atoms with Gasteiger partial charge in [0, 0.05) is 50.2 Å². The highest BCUT2D eigenvalue weighted by molar-refractivity contribution is 5.99. The van der Waals surface area contributed by atoms with E-state index in [4.69, 9.17) is 15.5 Å². The van der Waals surface area contributed by atoms with Gasteiger partial charge in [0.15, 0.2) is 5.65 Å². The van der Waals surface area contributed by atoms with Gasteiger partial charge in [-0.2, -0.15) is 0 Å². The molecule has 0 spiro atoms. The second kappa shape index (κ2) is 9.96. The Labute approximate surface area is 206 Å². The number of pyridine rings is 1. The summed E-state index contributed by atoms with van der Waals surface area (Å²) in [6, 6.07) is 5.44. The quantitative estimate of drug-likeness (QED) is 0.498. The summed E-state index contributed by atoms with van der Waals surface area (Å²) in [6.45, 7) is 2.51. The number of nitrogens with two attached hydrogens (primary N) is 1. The van der Waals surface area contributed by atoms with Crippen LogP contribution in [0.25, 0.3) is 11.2 Å². The monoisotopic (exact) mass is 503 g/mol. The maximum Gasteiger partial charge on any atom is 0.573 e. The molecule has 2 saturated heterocycles. The molecule has 5 rings (SSSR count). The van der Waals surface area contributed by atoms with Crippen molar-refractivity contribution in [3.05, 3.63) is 47.4 Å². The number of fused-ring (bicyclic) bond motifs is 1. The summed E-state index contributed by atoms with van der Waals surface area (Å²) in [6.07, 6.45) is 1.24. The Bertz CT molecular complexity index is 1240. The van der Waals surface area contributed by atoms with E-state index in [0.29, 0.717) is 19.0 Å². The molecule has 192 valence electrons. The van der Waals surface area contributed by atoms with Crippen LogP contribution in [0.5, 0.6) is 5.75 Å². The number of ether oxygens (including phenoxy) is 2. The molecule has 36 heavy (non-hydrogen) atoms. The van der Waals surface area contributed by atoms with Gasteiger partial charge >= 0.3 is 6.36 Å². The number of carbonyl (C=O) groups excluding carboxylic acids is 1. The molecule has 4 heterocycles. The molecule has 0 saturated carbocycles. The van der Waals surface area contributed by atoms with Crippen LogP contribution in [0.15, 0.2) is 30.5 Å². The summed E-state index contributed by atoms with van der Waals surface area (Å²) in [5, 5.41) is 0. The Balaban J connectivity index is 1.30. The van der Waals surface area contributed by atoms with E-state index >= 15 is 0 Å². The third kappa shape index (κ3) is 5.25. The third-order valence-corrected chi connectivity index (χ3v) is 6.98. The van der Waals surface area contributed by atoms with Crippen molar-refractivity contribution in [1.29, 1.82) is 0 Å². The molecule has 0 bridgehead atoms. The molecular weight excluding hydrogens is 475 g/mol. The lowest BCUT2D eigenvalue weighted by Crippen LogP contribution is -2.32. The molecule has 2 aliphatic rings. The lowest BCUT2D eigenvalue weighted by Gasteiger charge is -2.22. The summed E-state index contributed by atoms with van der Waals surface area (Å²) in [4.78, 5) is 27.7. The Hall–Kier alpha value is -3.34. The Morgan fingerprint density at radius 2 is 1.92 bits per heavy atom. The lowest BCUT2D eigenvalue weighted by molar-refractivity contribution is -0.274. The van der Waals surface area contributed by atoms with Gasteiger partial charge in [0.1, 0.15) is 17.1 Å². The van der Waals surface area contributed by atoms with E-state index in [2.05, 4.69) is 14.7 Å². The van der Waals surface area contributed by atoms with Crippen LogP contribution in [0.2, 0.25) is 0 Å². The minimum Gasteiger partial charge on any atom is -0.406 e. The number of benzene rings is 1. The largest absolute Gasteiger partial charge is 0.573 e. The summed E-state index contributed by atoms with van der Waals surface area (Å²) < 4.78 is 46.8. The van der Waals surface area contributed by atoms with Crippen LogP contribution < -0.4 is 10.5 Å². The van der Waals surface area contributed by atoms with Gasteiger partial charge in [0.05, 0.1) is 5.56 Å². The second-order valence-corrected chi connectivity index (χ2v) is 9.32. The van der Waals surface area contributed by atoms with Gasteiger partial charge in [-0.1, -0.05) is 0 Å². The minimum absolute atomic E-state index is 0.0458. The van der Waals surface area contributed by atoms with E-state index in [9.17, 15) is 18.0 Å². The average molecular weight is 504 g/mol. The third-order valence-electron chi connectivity index (χ3n) is 6.98. The number of likely N-dealkylation sites (tertiary alicyclic amines) is 1. The molecule has 0 unspecified atom stereocenters. The Morgan fingerprint density at radius 3 is 2.67 bits per heavy atom. The Kier molecular flexibility index (Phi) is 6.74. The van der Waals surface area contributed by atoms with Crippen molar-refractivity contribution in [1.82, 2.24) is 19.9 Å². The van der Waals surface area contributed by atoms with Crippen molar-refractivity contribution in [3.63, 3.8) is 0 Å². The van der Waals surface area contributed by atoms with Crippen molar-refractivity contribution >= 4 is 22.8 Å². The van der Waals surface area contributed by atoms with Gasteiger partial charge in [0.25, 0.3) is 5.91 Å². The van der Waals surface area contributed by atoms with Crippen LogP contribution in [-0.2, 0) is 4.74 Å². The summed E-state index contributed by atoms with van der Waals surface area (Å²) >= 11 is 0. The van der Waals surface area contributed by atoms with E-state index in [1.165, 1.54) is 6.07 Å². The summed E-state index contributed by atoms with van der Waals surface area (Å²) in [5.74, 6) is 0.744. The molecule has 1 atom stereocenters. The summed E-state index contributed by atoms with van der Waals surface area (Å²) in [7, 11) is 0. The number of carbonyl (C=O) groups is 1. The highest BCUT2D eigenvalue weighted by atomic mass is 19.4. The number of imidazole rings is 1. The Morgan fingerprint density at radius 1 is 1.11 bits per heavy atom. The highest BCUT2D eigenvalue weighted by Gasteiger charge is 2.32. The molecule has 1 amide bonds. The topological polar surface area (TPSA) is 106 Å². The number of aromatic nitrogens is 3. The first-order valence-electron chi connectivity index (χ1n) is 12.2. The van der Waals surface area contributed by atoms with Crippen LogP contribution in [0.4, 0.5) is 18.9 Å². The zero-order valence-electron chi connectivity index (χ0n) is 19.7. The molecule has 3 N–H and O–H groups in total. The van der Waals surface area contributed by atoms with Gasteiger partial charge in [-0.25, -0.2) is 9.97 Å². The van der Waals surface area contributed by atoms with Gasteiger partial charge in [-0.15, -0.1) is 13.2 Å². The number of rotatable bonds is 4. The van der Waals surface area contributed by atoms with Crippen molar-refractivity contribution in [3.8, 4) is 5.75 Å². The molecular formula is C25H28F3N5O3. The van der Waals surface area contributed by atoms with Crippen molar-refractivity contribution in [2.45, 2.75) is 50.3 Å². The fourth-order valence-electron chi connectivity index (χ4n) is 5.15. The van der Waals surface area contributed by atoms with Crippen LogP contribution >= 0.6 is 0 Å². The molecule has 11 heteroatoms. The first-order chi connectivity index (χ1) is 17.3. The number of anilines is 1. The molecule has 3 aromatic rings. The zero-order chi connectivity index (χ0) is 25.3. The fourth-order valence-corrected chi connectivity index (χ4v) is 5.15.